The van der Waals surface area contributed by atoms with Gasteiger partial charge in [0.05, 0.1) is 11.4 Å². The summed E-state index contributed by atoms with van der Waals surface area (Å²) in [6.07, 6.45) is 2.26. The minimum absolute atomic E-state index is 0.175. The molecule has 1 aromatic carbocycles. The number of aryl methyl sites for hydroxylation is 1. The molecule has 6 nitrogen and oxygen atoms in total. The molecule has 1 N–H and O–H groups in total. The van der Waals surface area contributed by atoms with E-state index in [0.29, 0.717) is 30.0 Å². The second-order valence-electron chi connectivity index (χ2n) is 5.46. The molecule has 1 aliphatic rings. The van der Waals surface area contributed by atoms with Crippen LogP contribution in [0.3, 0.4) is 0 Å². The molecular weight excluding hydrogens is 314 g/mol. The molecule has 1 amide bonds. The van der Waals surface area contributed by atoms with Crippen molar-refractivity contribution in [3.63, 3.8) is 0 Å². The smallest absolute Gasteiger partial charge is 0.256 e. The van der Waals surface area contributed by atoms with Crippen molar-refractivity contribution in [3.8, 4) is 0 Å². The Balaban J connectivity index is 1.75. The average molecular weight is 331 g/mol. The highest BCUT2D eigenvalue weighted by molar-refractivity contribution is 7.93. The molecule has 0 spiro atoms. The minimum atomic E-state index is -3.20. The molecule has 1 aliphatic heterocycles. The van der Waals surface area contributed by atoms with Gasteiger partial charge in [0.2, 0.25) is 10.0 Å². The number of benzene rings is 1. The van der Waals surface area contributed by atoms with Gasteiger partial charge in [-0.1, -0.05) is 0 Å². The van der Waals surface area contributed by atoms with Crippen molar-refractivity contribution in [2.75, 3.05) is 21.9 Å². The van der Waals surface area contributed by atoms with Crippen molar-refractivity contribution < 1.29 is 13.2 Å². The van der Waals surface area contributed by atoms with Gasteiger partial charge in [-0.05, 0) is 55.3 Å². The molecule has 0 bridgehead atoms. The summed E-state index contributed by atoms with van der Waals surface area (Å²) in [5, 5.41) is 2.72. The van der Waals surface area contributed by atoms with Crippen LogP contribution in [0, 0.1) is 6.92 Å². The molecule has 3 rings (SSSR count). The maximum absolute atomic E-state index is 12.2. The van der Waals surface area contributed by atoms with Gasteiger partial charge < -0.3 is 5.32 Å². The lowest BCUT2D eigenvalue weighted by Crippen LogP contribution is -2.25. The number of aromatic nitrogens is 1. The summed E-state index contributed by atoms with van der Waals surface area (Å²) >= 11 is 0. The average Bonchev–Trinajstić information content (AvgIpc) is 2.87. The summed E-state index contributed by atoms with van der Waals surface area (Å²) in [6, 6.07) is 10.2. The van der Waals surface area contributed by atoms with Crippen LogP contribution in [-0.4, -0.2) is 31.6 Å². The number of carbonyl (C=O) groups excluding carboxylic acids is 1. The Bertz CT molecular complexity index is 832. The first kappa shape index (κ1) is 15.5. The molecule has 1 fully saturated rings. The fraction of sp³-hybridized carbons (Fsp3) is 0.250. The van der Waals surface area contributed by atoms with Crippen LogP contribution in [0.25, 0.3) is 0 Å². The molecule has 7 heteroatoms. The molecular formula is C16H17N3O3S. The van der Waals surface area contributed by atoms with E-state index >= 15 is 0 Å². The van der Waals surface area contributed by atoms with Gasteiger partial charge in [-0.3, -0.25) is 9.10 Å². The van der Waals surface area contributed by atoms with Crippen molar-refractivity contribution in [2.45, 2.75) is 13.3 Å². The molecule has 1 aromatic heterocycles. The number of hydrogen-bond acceptors (Lipinski definition) is 4. The molecule has 2 aromatic rings. The third-order valence-electron chi connectivity index (χ3n) is 3.67. The molecule has 0 saturated carbocycles. The topological polar surface area (TPSA) is 79.4 Å². The Labute approximate surface area is 135 Å². The number of carbonyl (C=O) groups is 1. The van der Waals surface area contributed by atoms with E-state index in [1.165, 1.54) is 4.31 Å². The van der Waals surface area contributed by atoms with E-state index < -0.39 is 10.0 Å². The van der Waals surface area contributed by atoms with Crippen LogP contribution >= 0.6 is 0 Å². The number of amides is 1. The van der Waals surface area contributed by atoms with E-state index in [2.05, 4.69) is 10.3 Å². The van der Waals surface area contributed by atoms with Crippen LogP contribution in [-0.2, 0) is 10.0 Å². The van der Waals surface area contributed by atoms with Gasteiger partial charge in [0.15, 0.2) is 0 Å². The molecule has 120 valence electrons. The number of hydrogen-bond donors (Lipinski definition) is 1. The summed E-state index contributed by atoms with van der Waals surface area (Å²) in [7, 11) is -3.20. The van der Waals surface area contributed by atoms with Gasteiger partial charge in [-0.25, -0.2) is 13.4 Å². The van der Waals surface area contributed by atoms with E-state index in [1.54, 1.807) is 36.5 Å². The molecule has 0 aliphatic carbocycles. The van der Waals surface area contributed by atoms with Crippen molar-refractivity contribution in [1.82, 2.24) is 4.98 Å². The lowest BCUT2D eigenvalue weighted by molar-refractivity contribution is 0.102. The normalized spacial score (nSPS) is 16.3. The third kappa shape index (κ3) is 3.34. The number of nitrogens with zero attached hydrogens (tertiary/aromatic N) is 2. The molecule has 23 heavy (non-hydrogen) atoms. The highest BCUT2D eigenvalue weighted by atomic mass is 32.2. The second kappa shape index (κ2) is 6.00. The maximum Gasteiger partial charge on any atom is 0.256 e. The van der Waals surface area contributed by atoms with Crippen molar-refractivity contribution >= 4 is 27.4 Å². The Morgan fingerprint density at radius 1 is 1.22 bits per heavy atom. The number of anilines is 2. The largest absolute Gasteiger partial charge is 0.307 e. The summed E-state index contributed by atoms with van der Waals surface area (Å²) in [5.74, 6) is 0.383. The van der Waals surface area contributed by atoms with Gasteiger partial charge >= 0.3 is 0 Å². The van der Waals surface area contributed by atoms with Crippen LogP contribution in [0.15, 0.2) is 42.6 Å². The van der Waals surface area contributed by atoms with Gasteiger partial charge in [-0.2, -0.15) is 0 Å². The number of pyridine rings is 1. The molecule has 1 saturated heterocycles. The van der Waals surface area contributed by atoms with Gasteiger partial charge in [0.1, 0.15) is 5.82 Å². The Morgan fingerprint density at radius 2 is 1.96 bits per heavy atom. The number of sulfonamides is 1. The lowest BCUT2D eigenvalue weighted by atomic mass is 10.2. The number of rotatable bonds is 3. The molecule has 0 atom stereocenters. The highest BCUT2D eigenvalue weighted by Crippen LogP contribution is 2.24. The summed E-state index contributed by atoms with van der Waals surface area (Å²) in [6.45, 7) is 2.41. The van der Waals surface area contributed by atoms with Crippen LogP contribution in [0.5, 0.6) is 0 Å². The first-order valence-corrected chi connectivity index (χ1v) is 8.91. The number of nitrogens with one attached hydrogen (secondary N) is 1. The van der Waals surface area contributed by atoms with Gasteiger partial charge in [-0.15, -0.1) is 0 Å². The minimum Gasteiger partial charge on any atom is -0.307 e. The zero-order valence-electron chi connectivity index (χ0n) is 12.7. The quantitative estimate of drug-likeness (QED) is 0.935. The Kier molecular flexibility index (Phi) is 4.04. The van der Waals surface area contributed by atoms with E-state index in [-0.39, 0.29) is 11.7 Å². The second-order valence-corrected chi connectivity index (χ2v) is 7.47. The van der Waals surface area contributed by atoms with Crippen molar-refractivity contribution in [2.24, 2.45) is 0 Å². The first-order chi connectivity index (χ1) is 11.0. The zero-order chi connectivity index (χ0) is 16.4. The molecule has 2 heterocycles. The fourth-order valence-electron chi connectivity index (χ4n) is 2.50. The zero-order valence-corrected chi connectivity index (χ0v) is 13.5. The predicted molar refractivity (Wildman–Crippen MR) is 89.1 cm³/mol. The maximum atomic E-state index is 12.2. The summed E-state index contributed by atoms with van der Waals surface area (Å²) in [4.78, 5) is 16.3. The monoisotopic (exact) mass is 331 g/mol. The third-order valence-corrected chi connectivity index (χ3v) is 5.54. The van der Waals surface area contributed by atoms with Gasteiger partial charge in [0, 0.05) is 18.3 Å². The van der Waals surface area contributed by atoms with E-state index in [9.17, 15) is 13.2 Å². The highest BCUT2D eigenvalue weighted by Gasteiger charge is 2.28. The SMILES string of the molecule is Cc1ccnc(NC(=O)c2ccc(N3CCCS3(=O)=O)cc2)c1. The summed E-state index contributed by atoms with van der Waals surface area (Å²) < 4.78 is 25.2. The summed E-state index contributed by atoms with van der Waals surface area (Å²) in [5.41, 5.74) is 2.05. The predicted octanol–water partition coefficient (Wildman–Crippen LogP) is 2.18. The van der Waals surface area contributed by atoms with Gasteiger partial charge in [0.25, 0.3) is 5.91 Å². The Hall–Kier alpha value is -2.41. The van der Waals surface area contributed by atoms with Crippen LogP contribution < -0.4 is 9.62 Å². The van der Waals surface area contributed by atoms with Crippen LogP contribution in [0.2, 0.25) is 0 Å². The molecule has 0 unspecified atom stereocenters. The van der Waals surface area contributed by atoms with Crippen molar-refractivity contribution in [3.05, 3.63) is 53.7 Å². The van der Waals surface area contributed by atoms with Crippen molar-refractivity contribution in [1.29, 1.82) is 0 Å². The lowest BCUT2D eigenvalue weighted by Gasteiger charge is -2.17. The first-order valence-electron chi connectivity index (χ1n) is 7.30. The van der Waals surface area contributed by atoms with E-state index in [0.717, 1.165) is 5.56 Å². The van der Waals surface area contributed by atoms with E-state index in [1.807, 2.05) is 13.0 Å². The molecule has 0 radical (unpaired) electrons. The van der Waals surface area contributed by atoms with Crippen LogP contribution in [0.1, 0.15) is 22.3 Å². The van der Waals surface area contributed by atoms with E-state index in [4.69, 9.17) is 0 Å². The fourth-order valence-corrected chi connectivity index (χ4v) is 4.07. The standard InChI is InChI=1S/C16H17N3O3S/c1-12-7-8-17-15(11-12)18-16(20)13-3-5-14(6-4-13)19-9-2-10-23(19,21)22/h3-8,11H,2,9-10H2,1H3,(H,17,18,20). The Morgan fingerprint density at radius 3 is 2.57 bits per heavy atom. The van der Waals surface area contributed by atoms with Crippen LogP contribution in [0.4, 0.5) is 11.5 Å².